The number of furan rings is 1. The average molecular weight is 530 g/mol. The van der Waals surface area contributed by atoms with Crippen LogP contribution >= 0.6 is 0 Å². The maximum absolute atomic E-state index is 13.3. The number of rotatable bonds is 7. The lowest BCUT2D eigenvalue weighted by Gasteiger charge is -2.27. The van der Waals surface area contributed by atoms with Gasteiger partial charge in [-0.1, -0.05) is 30.3 Å². The highest BCUT2D eigenvalue weighted by atomic mass is 32.2. The number of hydrogen-bond acceptors (Lipinski definition) is 7. The van der Waals surface area contributed by atoms with E-state index in [1.54, 1.807) is 19.1 Å². The predicted molar refractivity (Wildman–Crippen MR) is 138 cm³/mol. The first kappa shape index (κ1) is 26.3. The number of imide groups is 1. The molecule has 0 unspecified atom stereocenters. The summed E-state index contributed by atoms with van der Waals surface area (Å²) in [7, 11) is -3.97. The topological polar surface area (TPSA) is 138 Å². The molecule has 1 aromatic heterocycles. The normalized spacial score (nSPS) is 15.1. The van der Waals surface area contributed by atoms with Crippen molar-refractivity contribution < 1.29 is 27.2 Å². The van der Waals surface area contributed by atoms with E-state index in [4.69, 9.17) is 4.42 Å². The van der Waals surface area contributed by atoms with Crippen LogP contribution < -0.4 is 4.72 Å². The second-order valence-corrected chi connectivity index (χ2v) is 10.2. The summed E-state index contributed by atoms with van der Waals surface area (Å²) in [5.74, 6) is -1.13. The Kier molecular flexibility index (Phi) is 7.41. The molecule has 0 saturated heterocycles. The molecule has 0 radical (unpaired) electrons. The fourth-order valence-corrected chi connectivity index (χ4v) is 4.98. The Morgan fingerprint density at radius 1 is 1.03 bits per heavy atom. The number of carbonyl (C=O) groups excluding carboxylic acids is 3. The Hall–Kier alpha value is -4.75. The molecule has 3 amide bonds. The van der Waals surface area contributed by atoms with E-state index in [1.165, 1.54) is 30.3 Å². The van der Waals surface area contributed by atoms with Crippen molar-refractivity contribution in [1.29, 1.82) is 5.26 Å². The smallest absolute Gasteiger partial charge is 0.271 e. The summed E-state index contributed by atoms with van der Waals surface area (Å²) in [6.45, 7) is 2.78. The summed E-state index contributed by atoms with van der Waals surface area (Å²) in [4.78, 5) is 38.3. The molecule has 4 rings (SSSR count). The fourth-order valence-electron chi connectivity index (χ4n) is 3.99. The van der Waals surface area contributed by atoms with Gasteiger partial charge in [0.1, 0.15) is 23.2 Å². The Bertz CT molecular complexity index is 1630. The Morgan fingerprint density at radius 3 is 2.34 bits per heavy atom. The van der Waals surface area contributed by atoms with Gasteiger partial charge in [0.2, 0.25) is 5.91 Å². The zero-order chi connectivity index (χ0) is 27.4. The minimum Gasteiger partial charge on any atom is -0.457 e. The Morgan fingerprint density at radius 2 is 1.71 bits per heavy atom. The zero-order valence-corrected chi connectivity index (χ0v) is 21.4. The van der Waals surface area contributed by atoms with E-state index in [0.29, 0.717) is 23.5 Å². The standard InChI is InChI=1S/C28H23N3O6S/c1-18-24(27(33)31(28(34)25(18)17-29)15-14-20-6-4-3-5-7-20)16-22-10-13-26(37-22)21-8-11-23(12-9-21)38(35,36)30-19(2)32/h3-13,16H,14-15H2,1-2H3,(H,30,32)/b24-16+. The first-order valence-electron chi connectivity index (χ1n) is 11.6. The van der Waals surface area contributed by atoms with E-state index in [1.807, 2.05) is 41.1 Å². The number of sulfonamides is 1. The van der Waals surface area contributed by atoms with Gasteiger partial charge in [-0.05, 0) is 67.0 Å². The van der Waals surface area contributed by atoms with Gasteiger partial charge in [0, 0.05) is 24.6 Å². The van der Waals surface area contributed by atoms with Crippen LogP contribution in [0.25, 0.3) is 17.4 Å². The van der Waals surface area contributed by atoms with Gasteiger partial charge in [-0.15, -0.1) is 0 Å². The monoisotopic (exact) mass is 529 g/mol. The molecule has 1 aliphatic rings. The molecule has 3 aromatic rings. The number of benzene rings is 2. The van der Waals surface area contributed by atoms with Gasteiger partial charge in [-0.25, -0.2) is 13.1 Å². The highest BCUT2D eigenvalue weighted by Gasteiger charge is 2.35. The predicted octanol–water partition coefficient (Wildman–Crippen LogP) is 3.61. The van der Waals surface area contributed by atoms with E-state index in [2.05, 4.69) is 0 Å². The summed E-state index contributed by atoms with van der Waals surface area (Å²) >= 11 is 0. The molecule has 0 fully saturated rings. The van der Waals surface area contributed by atoms with Crippen LogP contribution in [-0.4, -0.2) is 37.6 Å². The fraction of sp³-hybridized carbons (Fsp3) is 0.143. The van der Waals surface area contributed by atoms with Crippen LogP contribution in [-0.2, 0) is 30.8 Å². The maximum atomic E-state index is 13.3. The van der Waals surface area contributed by atoms with Gasteiger partial charge in [0.15, 0.2) is 0 Å². The van der Waals surface area contributed by atoms with Gasteiger partial charge >= 0.3 is 0 Å². The molecule has 0 atom stereocenters. The van der Waals surface area contributed by atoms with Crippen molar-refractivity contribution in [3.63, 3.8) is 0 Å². The van der Waals surface area contributed by atoms with E-state index < -0.39 is 27.7 Å². The highest BCUT2D eigenvalue weighted by molar-refractivity contribution is 7.90. The number of carbonyl (C=O) groups is 3. The quantitative estimate of drug-likeness (QED) is 0.365. The summed E-state index contributed by atoms with van der Waals surface area (Å²) in [5, 5.41) is 9.60. The molecular weight excluding hydrogens is 506 g/mol. The summed E-state index contributed by atoms with van der Waals surface area (Å²) in [6, 6.07) is 20.3. The Labute approximate surface area is 219 Å². The third-order valence-corrected chi connectivity index (χ3v) is 7.38. The van der Waals surface area contributed by atoms with Gasteiger partial charge in [-0.3, -0.25) is 19.3 Å². The van der Waals surface area contributed by atoms with E-state index in [9.17, 15) is 28.1 Å². The molecular formula is C28H23N3O6S. The third kappa shape index (κ3) is 5.48. The SMILES string of the molecule is CC(=O)NS(=O)(=O)c1ccc(-c2ccc(/C=C3/C(=O)N(CCc4ccccc4)C(=O)C(C#N)=C3C)o2)cc1. The molecule has 9 nitrogen and oxygen atoms in total. The average Bonchev–Trinajstić information content (AvgIpc) is 3.35. The van der Waals surface area contributed by atoms with Gasteiger partial charge in [-0.2, -0.15) is 5.26 Å². The molecule has 0 saturated carbocycles. The van der Waals surface area contributed by atoms with Crippen molar-refractivity contribution in [3.8, 4) is 17.4 Å². The first-order valence-corrected chi connectivity index (χ1v) is 13.1. The van der Waals surface area contributed by atoms with Crippen LogP contribution in [0.2, 0.25) is 0 Å². The van der Waals surface area contributed by atoms with Crippen LogP contribution in [0.3, 0.4) is 0 Å². The minimum absolute atomic E-state index is 0.0804. The minimum atomic E-state index is -3.97. The molecule has 38 heavy (non-hydrogen) atoms. The van der Waals surface area contributed by atoms with E-state index in [0.717, 1.165) is 17.4 Å². The van der Waals surface area contributed by atoms with Crippen LogP contribution in [0.1, 0.15) is 25.2 Å². The molecule has 1 aliphatic heterocycles. The van der Waals surface area contributed by atoms with Crippen molar-refractivity contribution >= 4 is 33.8 Å². The van der Waals surface area contributed by atoms with Crippen LogP contribution in [0.5, 0.6) is 0 Å². The van der Waals surface area contributed by atoms with E-state index >= 15 is 0 Å². The van der Waals surface area contributed by atoms with Crippen LogP contribution in [0.4, 0.5) is 0 Å². The summed E-state index contributed by atoms with van der Waals surface area (Å²) < 4.78 is 32.1. The zero-order valence-electron chi connectivity index (χ0n) is 20.6. The molecule has 192 valence electrons. The lowest BCUT2D eigenvalue weighted by Crippen LogP contribution is -2.43. The molecule has 2 heterocycles. The number of hydrogen-bond donors (Lipinski definition) is 1. The third-order valence-electron chi connectivity index (χ3n) is 5.93. The molecule has 2 aromatic carbocycles. The van der Waals surface area contributed by atoms with Crippen molar-refractivity contribution in [2.45, 2.75) is 25.2 Å². The lowest BCUT2D eigenvalue weighted by atomic mass is 9.94. The molecule has 0 bridgehead atoms. The molecule has 0 spiro atoms. The van der Waals surface area contributed by atoms with Crippen LogP contribution in [0.15, 0.2) is 92.8 Å². The molecule has 0 aliphatic carbocycles. The molecule has 10 heteroatoms. The number of nitrogens with zero attached hydrogens (tertiary/aromatic N) is 2. The largest absolute Gasteiger partial charge is 0.457 e. The lowest BCUT2D eigenvalue weighted by molar-refractivity contribution is -0.140. The van der Waals surface area contributed by atoms with Crippen molar-refractivity contribution in [1.82, 2.24) is 9.62 Å². The molecule has 1 N–H and O–H groups in total. The second-order valence-electron chi connectivity index (χ2n) is 8.56. The number of nitriles is 1. The van der Waals surface area contributed by atoms with Gasteiger partial charge in [0.25, 0.3) is 21.8 Å². The highest BCUT2D eigenvalue weighted by Crippen LogP contribution is 2.30. The first-order chi connectivity index (χ1) is 18.1. The second kappa shape index (κ2) is 10.7. The van der Waals surface area contributed by atoms with Crippen molar-refractivity contribution in [3.05, 3.63) is 94.8 Å². The van der Waals surface area contributed by atoms with Gasteiger partial charge in [0.05, 0.1) is 4.90 Å². The maximum Gasteiger partial charge on any atom is 0.271 e. The number of amides is 3. The van der Waals surface area contributed by atoms with Crippen LogP contribution in [0, 0.1) is 11.3 Å². The van der Waals surface area contributed by atoms with Crippen molar-refractivity contribution in [2.75, 3.05) is 6.54 Å². The Balaban J connectivity index is 1.60. The van der Waals surface area contributed by atoms with Gasteiger partial charge < -0.3 is 4.42 Å². The van der Waals surface area contributed by atoms with E-state index in [-0.39, 0.29) is 28.2 Å². The summed E-state index contributed by atoms with van der Waals surface area (Å²) in [6.07, 6.45) is 1.93. The summed E-state index contributed by atoms with van der Waals surface area (Å²) in [5.41, 5.74) is 1.86. The number of nitrogens with one attached hydrogen (secondary N) is 1. The van der Waals surface area contributed by atoms with Crippen molar-refractivity contribution in [2.24, 2.45) is 0 Å².